The summed E-state index contributed by atoms with van der Waals surface area (Å²) in [5.74, 6) is 1.66. The van der Waals surface area contributed by atoms with E-state index in [0.717, 1.165) is 18.8 Å². The molecular formula is C18H27NO. The van der Waals surface area contributed by atoms with E-state index in [1.807, 2.05) is 6.92 Å². The van der Waals surface area contributed by atoms with Crippen LogP contribution in [0.4, 0.5) is 0 Å². The lowest BCUT2D eigenvalue weighted by atomic mass is 9.60. The van der Waals surface area contributed by atoms with Crippen LogP contribution in [-0.4, -0.2) is 12.6 Å². The topological polar surface area (TPSA) is 35.2 Å². The SMILES string of the molecule is CCOc1ccc2c(c1)[C@@]1(C)CCCCC[C@@H](C2)[C@@H]1N. The Morgan fingerprint density at radius 1 is 1.30 bits per heavy atom. The van der Waals surface area contributed by atoms with Crippen molar-refractivity contribution in [1.29, 1.82) is 0 Å². The lowest BCUT2D eigenvalue weighted by Crippen LogP contribution is -2.52. The molecule has 0 amide bonds. The Kier molecular flexibility index (Phi) is 3.76. The summed E-state index contributed by atoms with van der Waals surface area (Å²) in [6, 6.07) is 6.96. The molecule has 2 aliphatic carbocycles. The van der Waals surface area contributed by atoms with Gasteiger partial charge in [0.05, 0.1) is 6.61 Å². The third-order valence-electron chi connectivity index (χ3n) is 5.50. The van der Waals surface area contributed by atoms with Crippen molar-refractivity contribution < 1.29 is 4.74 Å². The average molecular weight is 273 g/mol. The van der Waals surface area contributed by atoms with Crippen LogP contribution in [0.1, 0.15) is 57.1 Å². The summed E-state index contributed by atoms with van der Waals surface area (Å²) < 4.78 is 5.70. The lowest BCUT2D eigenvalue weighted by molar-refractivity contribution is 0.201. The van der Waals surface area contributed by atoms with Crippen molar-refractivity contribution in [2.24, 2.45) is 11.7 Å². The van der Waals surface area contributed by atoms with Gasteiger partial charge < -0.3 is 10.5 Å². The van der Waals surface area contributed by atoms with Gasteiger partial charge in [-0.15, -0.1) is 0 Å². The lowest BCUT2D eigenvalue weighted by Gasteiger charge is -2.47. The zero-order valence-electron chi connectivity index (χ0n) is 12.8. The summed E-state index contributed by atoms with van der Waals surface area (Å²) in [6.45, 7) is 5.15. The van der Waals surface area contributed by atoms with Gasteiger partial charge in [0, 0.05) is 11.5 Å². The minimum absolute atomic E-state index is 0.131. The predicted molar refractivity (Wildman–Crippen MR) is 83.2 cm³/mol. The smallest absolute Gasteiger partial charge is 0.119 e. The Morgan fingerprint density at radius 2 is 2.15 bits per heavy atom. The van der Waals surface area contributed by atoms with E-state index in [2.05, 4.69) is 25.1 Å². The van der Waals surface area contributed by atoms with Crippen molar-refractivity contribution in [2.75, 3.05) is 6.61 Å². The molecule has 1 fully saturated rings. The first-order valence-electron chi connectivity index (χ1n) is 8.17. The monoisotopic (exact) mass is 273 g/mol. The van der Waals surface area contributed by atoms with Gasteiger partial charge >= 0.3 is 0 Å². The third-order valence-corrected chi connectivity index (χ3v) is 5.50. The molecule has 110 valence electrons. The fraction of sp³-hybridized carbons (Fsp3) is 0.667. The average Bonchev–Trinajstić information content (AvgIpc) is 2.44. The molecule has 3 rings (SSSR count). The maximum absolute atomic E-state index is 6.69. The Morgan fingerprint density at radius 3 is 2.95 bits per heavy atom. The molecule has 0 aliphatic heterocycles. The van der Waals surface area contributed by atoms with Crippen LogP contribution in [-0.2, 0) is 11.8 Å². The van der Waals surface area contributed by atoms with Crippen molar-refractivity contribution in [1.82, 2.24) is 0 Å². The molecule has 3 atom stereocenters. The van der Waals surface area contributed by atoms with Gasteiger partial charge in [-0.3, -0.25) is 0 Å². The molecule has 2 heteroatoms. The molecule has 20 heavy (non-hydrogen) atoms. The Bertz CT molecular complexity index is 484. The van der Waals surface area contributed by atoms with Crippen molar-refractivity contribution in [3.63, 3.8) is 0 Å². The molecule has 0 saturated heterocycles. The fourth-order valence-electron chi connectivity index (χ4n) is 4.29. The maximum Gasteiger partial charge on any atom is 0.119 e. The summed E-state index contributed by atoms with van der Waals surface area (Å²) >= 11 is 0. The molecule has 0 heterocycles. The van der Waals surface area contributed by atoms with E-state index in [9.17, 15) is 0 Å². The van der Waals surface area contributed by atoms with Gasteiger partial charge in [-0.1, -0.05) is 32.3 Å². The molecule has 0 spiro atoms. The second-order valence-corrected chi connectivity index (χ2v) is 6.76. The van der Waals surface area contributed by atoms with Crippen LogP contribution in [0.3, 0.4) is 0 Å². The minimum atomic E-state index is 0.131. The van der Waals surface area contributed by atoms with Crippen LogP contribution in [0.15, 0.2) is 18.2 Å². The molecule has 0 unspecified atom stereocenters. The summed E-state index contributed by atoms with van der Waals surface area (Å²) in [7, 11) is 0. The molecule has 2 aliphatic rings. The van der Waals surface area contributed by atoms with Gasteiger partial charge in [0.2, 0.25) is 0 Å². The van der Waals surface area contributed by atoms with E-state index in [-0.39, 0.29) is 5.41 Å². The van der Waals surface area contributed by atoms with Gasteiger partial charge in [0.15, 0.2) is 0 Å². The number of hydrogen-bond acceptors (Lipinski definition) is 2. The highest BCUT2D eigenvalue weighted by Gasteiger charge is 2.43. The van der Waals surface area contributed by atoms with E-state index in [1.54, 1.807) is 0 Å². The molecule has 1 saturated carbocycles. The fourth-order valence-corrected chi connectivity index (χ4v) is 4.29. The quantitative estimate of drug-likeness (QED) is 0.889. The van der Waals surface area contributed by atoms with Gasteiger partial charge in [-0.25, -0.2) is 0 Å². The Hall–Kier alpha value is -1.02. The number of rotatable bonds is 2. The largest absolute Gasteiger partial charge is 0.494 e. The van der Waals surface area contributed by atoms with Crippen molar-refractivity contribution in [2.45, 2.75) is 63.8 Å². The first-order valence-corrected chi connectivity index (χ1v) is 8.17. The normalized spacial score (nSPS) is 33.0. The standard InChI is InChI=1S/C18H27NO/c1-3-20-15-9-8-13-11-14-7-5-4-6-10-18(2,17(14)19)16(13)12-15/h8-9,12,14,17H,3-7,10-11,19H2,1-2H3/t14-,17-,18+/m0/s1. The molecule has 2 nitrogen and oxygen atoms in total. The first kappa shape index (κ1) is 13.9. The van der Waals surface area contributed by atoms with Crippen molar-refractivity contribution in [3.05, 3.63) is 29.3 Å². The number of benzene rings is 1. The number of fused-ring (bicyclic) bond motifs is 4. The van der Waals surface area contributed by atoms with Gasteiger partial charge in [0.25, 0.3) is 0 Å². The molecule has 2 N–H and O–H groups in total. The van der Waals surface area contributed by atoms with Crippen molar-refractivity contribution >= 4 is 0 Å². The molecule has 0 aromatic heterocycles. The first-order chi connectivity index (χ1) is 9.65. The predicted octanol–water partition coefficient (Wildman–Crippen LogP) is 3.81. The summed E-state index contributed by atoms with van der Waals surface area (Å²) in [6.07, 6.45) is 7.67. The number of ether oxygens (including phenoxy) is 1. The zero-order valence-corrected chi connectivity index (χ0v) is 12.8. The molecular weight excluding hydrogens is 246 g/mol. The zero-order chi connectivity index (χ0) is 14.2. The summed E-state index contributed by atoms with van der Waals surface area (Å²) in [5.41, 5.74) is 9.77. The Balaban J connectivity index is 2.04. The molecule has 1 aromatic carbocycles. The highest BCUT2D eigenvalue weighted by molar-refractivity contribution is 5.44. The van der Waals surface area contributed by atoms with E-state index in [1.165, 1.54) is 43.2 Å². The van der Waals surface area contributed by atoms with E-state index >= 15 is 0 Å². The van der Waals surface area contributed by atoms with Crippen LogP contribution in [0.5, 0.6) is 5.75 Å². The second-order valence-electron chi connectivity index (χ2n) is 6.76. The van der Waals surface area contributed by atoms with Crippen molar-refractivity contribution in [3.8, 4) is 5.75 Å². The van der Waals surface area contributed by atoms with Crippen LogP contribution < -0.4 is 10.5 Å². The molecule has 2 bridgehead atoms. The molecule has 0 radical (unpaired) electrons. The second kappa shape index (κ2) is 5.40. The number of nitrogens with two attached hydrogens (primary N) is 1. The third kappa shape index (κ3) is 2.24. The Labute approximate surface area is 122 Å². The maximum atomic E-state index is 6.69. The minimum Gasteiger partial charge on any atom is -0.494 e. The van der Waals surface area contributed by atoms with Crippen LogP contribution >= 0.6 is 0 Å². The summed E-state index contributed by atoms with van der Waals surface area (Å²) in [4.78, 5) is 0. The number of hydrogen-bond donors (Lipinski definition) is 1. The van der Waals surface area contributed by atoms with E-state index < -0.39 is 0 Å². The van der Waals surface area contributed by atoms with Crippen LogP contribution in [0, 0.1) is 5.92 Å². The van der Waals surface area contributed by atoms with Gasteiger partial charge in [-0.2, -0.15) is 0 Å². The molecule has 1 aromatic rings. The highest BCUT2D eigenvalue weighted by atomic mass is 16.5. The highest BCUT2D eigenvalue weighted by Crippen LogP contribution is 2.46. The van der Waals surface area contributed by atoms with Crippen LogP contribution in [0.25, 0.3) is 0 Å². The van der Waals surface area contributed by atoms with E-state index in [0.29, 0.717) is 12.0 Å². The van der Waals surface area contributed by atoms with Gasteiger partial charge in [-0.05, 0) is 55.4 Å². The van der Waals surface area contributed by atoms with Crippen LogP contribution in [0.2, 0.25) is 0 Å². The van der Waals surface area contributed by atoms with E-state index in [4.69, 9.17) is 10.5 Å². The summed E-state index contributed by atoms with van der Waals surface area (Å²) in [5, 5.41) is 0. The van der Waals surface area contributed by atoms with Gasteiger partial charge in [0.1, 0.15) is 5.75 Å².